The first kappa shape index (κ1) is 25.3. The fraction of sp³-hybridized carbons (Fsp3) is 0.250. The van der Waals surface area contributed by atoms with Gasteiger partial charge in [-0.25, -0.2) is 0 Å². The lowest BCUT2D eigenvalue weighted by Gasteiger charge is -2.38. The second-order valence-electron chi connectivity index (χ2n) is 9.62. The minimum Gasteiger partial charge on any atom is -0.486 e. The average Bonchev–Trinajstić information content (AvgIpc) is 3.43. The highest BCUT2D eigenvalue weighted by Crippen LogP contribution is 2.38. The highest BCUT2D eigenvalue weighted by Gasteiger charge is 2.31. The van der Waals surface area contributed by atoms with Crippen molar-refractivity contribution in [3.8, 4) is 5.75 Å². The molecule has 0 N–H and O–H groups in total. The highest BCUT2D eigenvalue weighted by atomic mass is 16.5. The van der Waals surface area contributed by atoms with Gasteiger partial charge in [0.1, 0.15) is 18.1 Å². The van der Waals surface area contributed by atoms with Crippen molar-refractivity contribution >= 4 is 17.5 Å². The number of carbonyl (C=O) groups excluding carboxylic acids is 2. The maximum Gasteiger partial charge on any atom is 0.293 e. The number of nitrogens with zero attached hydrogens (tertiary/aromatic N) is 2. The van der Waals surface area contributed by atoms with Crippen molar-refractivity contribution in [1.82, 2.24) is 4.90 Å². The lowest BCUT2D eigenvalue weighted by atomic mass is 9.87. The number of hydrogen-bond donors (Lipinski definition) is 0. The van der Waals surface area contributed by atoms with Crippen LogP contribution in [0.2, 0.25) is 0 Å². The molecule has 194 valence electrons. The molecular formula is C32H32N2O4. The summed E-state index contributed by atoms with van der Waals surface area (Å²) in [6, 6.07) is 27.2. The summed E-state index contributed by atoms with van der Waals surface area (Å²) in [4.78, 5) is 29.3. The molecule has 1 unspecified atom stereocenters. The number of anilines is 1. The van der Waals surface area contributed by atoms with Gasteiger partial charge in [0.15, 0.2) is 5.76 Å². The van der Waals surface area contributed by atoms with Crippen molar-refractivity contribution in [2.45, 2.75) is 39.3 Å². The van der Waals surface area contributed by atoms with E-state index in [0.29, 0.717) is 24.5 Å². The molecule has 0 aliphatic carbocycles. The topological polar surface area (TPSA) is 63.0 Å². The zero-order chi connectivity index (χ0) is 26.6. The minimum absolute atomic E-state index is 0.140. The van der Waals surface area contributed by atoms with Crippen LogP contribution in [0.4, 0.5) is 5.69 Å². The number of benzene rings is 3. The summed E-state index contributed by atoms with van der Waals surface area (Å²) < 4.78 is 11.9. The van der Waals surface area contributed by atoms with Gasteiger partial charge in [-0.2, -0.15) is 0 Å². The molecule has 38 heavy (non-hydrogen) atoms. The maximum atomic E-state index is 12.9. The van der Waals surface area contributed by atoms with Crippen molar-refractivity contribution in [3.05, 3.63) is 119 Å². The van der Waals surface area contributed by atoms with Gasteiger partial charge in [0.25, 0.3) is 5.91 Å². The first-order chi connectivity index (χ1) is 18.4. The Kier molecular flexibility index (Phi) is 7.31. The van der Waals surface area contributed by atoms with Gasteiger partial charge in [0.05, 0.1) is 6.04 Å². The fourth-order valence-corrected chi connectivity index (χ4v) is 5.01. The second-order valence-corrected chi connectivity index (χ2v) is 9.62. The van der Waals surface area contributed by atoms with E-state index in [1.807, 2.05) is 60.4 Å². The first-order valence-electron chi connectivity index (χ1n) is 13.0. The number of aryl methyl sites for hydroxylation is 1. The van der Waals surface area contributed by atoms with E-state index in [4.69, 9.17) is 9.15 Å². The van der Waals surface area contributed by atoms with Crippen molar-refractivity contribution in [2.24, 2.45) is 0 Å². The van der Waals surface area contributed by atoms with Crippen LogP contribution in [0.5, 0.6) is 5.75 Å². The van der Waals surface area contributed by atoms with E-state index in [2.05, 4.69) is 31.2 Å². The van der Waals surface area contributed by atoms with Crippen LogP contribution in [-0.4, -0.2) is 30.3 Å². The molecule has 3 aromatic carbocycles. The van der Waals surface area contributed by atoms with Crippen LogP contribution >= 0.6 is 0 Å². The summed E-state index contributed by atoms with van der Waals surface area (Å²) in [7, 11) is 1.72. The molecule has 0 radical (unpaired) electrons. The molecule has 1 aliphatic heterocycles. The number of carbonyl (C=O) groups is 2. The Morgan fingerprint density at radius 2 is 1.82 bits per heavy atom. The molecule has 5 rings (SSSR count). The Labute approximate surface area is 223 Å². The molecule has 2 amide bonds. The van der Waals surface area contributed by atoms with Crippen LogP contribution in [0.3, 0.4) is 0 Å². The highest BCUT2D eigenvalue weighted by molar-refractivity contribution is 6.03. The molecular weight excluding hydrogens is 476 g/mol. The van der Waals surface area contributed by atoms with Crippen molar-refractivity contribution in [3.63, 3.8) is 0 Å². The average molecular weight is 509 g/mol. The second kappa shape index (κ2) is 11.0. The lowest BCUT2D eigenvalue weighted by molar-refractivity contribution is -0.132. The van der Waals surface area contributed by atoms with E-state index < -0.39 is 0 Å². The molecule has 0 spiro atoms. The van der Waals surface area contributed by atoms with Gasteiger partial charge in [-0.15, -0.1) is 0 Å². The molecule has 1 aromatic heterocycles. The van der Waals surface area contributed by atoms with Crippen LogP contribution in [-0.2, 0) is 17.8 Å². The van der Waals surface area contributed by atoms with Crippen molar-refractivity contribution in [2.75, 3.05) is 18.5 Å². The standard InChI is InChI=1S/C32H32N2O4/c1-4-30(35)34-18-17-23-13-14-26(20-28(23)31(34)24-10-8-9-22(2)19-24)37-21-27-15-16-29(38-27)32(36)33(3)25-11-6-5-7-12-25/h5-16,19-20,31H,4,17-18,21H2,1-3H3. The van der Waals surface area contributed by atoms with Crippen LogP contribution in [0.25, 0.3) is 0 Å². The van der Waals surface area contributed by atoms with Gasteiger partial charge in [0.2, 0.25) is 5.91 Å². The van der Waals surface area contributed by atoms with Gasteiger partial charge in [-0.1, -0.05) is 61.0 Å². The maximum absolute atomic E-state index is 12.9. The zero-order valence-corrected chi connectivity index (χ0v) is 22.0. The number of ether oxygens (including phenoxy) is 1. The van der Waals surface area contributed by atoms with Gasteiger partial charge >= 0.3 is 0 Å². The molecule has 6 heteroatoms. The molecule has 6 nitrogen and oxygen atoms in total. The third-order valence-corrected chi connectivity index (χ3v) is 7.03. The number of rotatable bonds is 7. The van der Waals surface area contributed by atoms with Gasteiger partial charge in [0, 0.05) is 25.7 Å². The first-order valence-corrected chi connectivity index (χ1v) is 13.0. The summed E-state index contributed by atoms with van der Waals surface area (Å²) >= 11 is 0. The van der Waals surface area contributed by atoms with E-state index in [9.17, 15) is 9.59 Å². The lowest BCUT2D eigenvalue weighted by Crippen LogP contribution is -2.40. The smallest absolute Gasteiger partial charge is 0.293 e. The Bertz CT molecular complexity index is 1440. The predicted molar refractivity (Wildman–Crippen MR) is 147 cm³/mol. The van der Waals surface area contributed by atoms with Gasteiger partial charge < -0.3 is 19.0 Å². The normalized spacial score (nSPS) is 14.6. The van der Waals surface area contributed by atoms with Crippen LogP contribution in [0.1, 0.15) is 58.0 Å². The number of amides is 2. The number of furan rings is 1. The Balaban J connectivity index is 1.35. The number of fused-ring (bicyclic) bond motifs is 1. The predicted octanol–water partition coefficient (Wildman–Crippen LogP) is 6.33. The Hall–Kier alpha value is -4.32. The van der Waals surface area contributed by atoms with E-state index in [1.54, 1.807) is 24.1 Å². The molecule has 0 fully saturated rings. The van der Waals surface area contributed by atoms with Crippen LogP contribution < -0.4 is 9.64 Å². The van der Waals surface area contributed by atoms with Crippen molar-refractivity contribution in [1.29, 1.82) is 0 Å². The van der Waals surface area contributed by atoms with Gasteiger partial charge in [-0.3, -0.25) is 9.59 Å². The quantitative estimate of drug-likeness (QED) is 0.293. The number of para-hydroxylation sites is 1. The monoisotopic (exact) mass is 508 g/mol. The summed E-state index contributed by atoms with van der Waals surface area (Å²) in [6.45, 7) is 4.86. The molecule has 4 aromatic rings. The summed E-state index contributed by atoms with van der Waals surface area (Å²) in [6.07, 6.45) is 1.27. The van der Waals surface area contributed by atoms with E-state index in [-0.39, 0.29) is 30.2 Å². The molecule has 2 heterocycles. The van der Waals surface area contributed by atoms with Crippen LogP contribution in [0, 0.1) is 6.92 Å². The van der Waals surface area contributed by atoms with Crippen molar-refractivity contribution < 1.29 is 18.7 Å². The molecule has 0 saturated heterocycles. The Morgan fingerprint density at radius 3 is 2.58 bits per heavy atom. The molecule has 0 saturated carbocycles. The third kappa shape index (κ3) is 5.21. The molecule has 1 aliphatic rings. The molecule has 0 bridgehead atoms. The Morgan fingerprint density at radius 1 is 1.00 bits per heavy atom. The summed E-state index contributed by atoms with van der Waals surface area (Å²) in [5.74, 6) is 1.43. The van der Waals surface area contributed by atoms with E-state index in [0.717, 1.165) is 28.8 Å². The third-order valence-electron chi connectivity index (χ3n) is 7.03. The van der Waals surface area contributed by atoms with E-state index in [1.165, 1.54) is 5.56 Å². The fourth-order valence-electron chi connectivity index (χ4n) is 5.01. The van der Waals surface area contributed by atoms with Crippen LogP contribution in [0.15, 0.2) is 89.3 Å². The van der Waals surface area contributed by atoms with Gasteiger partial charge in [-0.05, 0) is 66.4 Å². The summed E-state index contributed by atoms with van der Waals surface area (Å²) in [5, 5.41) is 0. The largest absolute Gasteiger partial charge is 0.486 e. The zero-order valence-electron chi connectivity index (χ0n) is 22.0. The minimum atomic E-state index is -0.224. The summed E-state index contributed by atoms with van der Waals surface area (Å²) in [5.41, 5.74) is 5.35. The SMILES string of the molecule is CCC(=O)N1CCc2ccc(OCc3ccc(C(=O)N(C)c4ccccc4)o3)cc2C1c1cccc(C)c1. The van der Waals surface area contributed by atoms with E-state index >= 15 is 0 Å². The molecule has 1 atom stereocenters. The number of hydrogen-bond acceptors (Lipinski definition) is 4.